The molecule has 2 nitrogen and oxygen atoms in total. The van der Waals surface area contributed by atoms with E-state index in [4.69, 9.17) is 0 Å². The molecule has 16 heavy (non-hydrogen) atoms. The van der Waals surface area contributed by atoms with Gasteiger partial charge in [-0.25, -0.2) is 4.39 Å². The summed E-state index contributed by atoms with van der Waals surface area (Å²) >= 11 is 1.85. The molecule has 0 saturated heterocycles. The van der Waals surface area contributed by atoms with Crippen molar-refractivity contribution in [1.82, 2.24) is 10.3 Å². The molecule has 0 aliphatic rings. The maximum Gasteiger partial charge on any atom is 0.146 e. The van der Waals surface area contributed by atoms with Crippen molar-refractivity contribution >= 4 is 11.8 Å². The molecule has 1 heterocycles. The molecule has 1 atom stereocenters. The van der Waals surface area contributed by atoms with E-state index in [2.05, 4.69) is 24.1 Å². The second-order valence-corrected chi connectivity index (χ2v) is 5.24. The van der Waals surface area contributed by atoms with Gasteiger partial charge in [-0.2, -0.15) is 11.8 Å². The average molecular weight is 242 g/mol. The van der Waals surface area contributed by atoms with Gasteiger partial charge in [0, 0.05) is 23.6 Å². The number of thioether (sulfide) groups is 1. The van der Waals surface area contributed by atoms with Crippen LogP contribution in [-0.2, 0) is 0 Å². The Bertz CT molecular complexity index is 318. The Kier molecular flexibility index (Phi) is 5.77. The summed E-state index contributed by atoms with van der Waals surface area (Å²) in [5, 5.41) is 3.14. The minimum atomic E-state index is -0.230. The maximum absolute atomic E-state index is 13.5. The third-order valence-corrected chi connectivity index (χ3v) is 3.73. The van der Waals surface area contributed by atoms with E-state index in [1.165, 1.54) is 6.20 Å². The van der Waals surface area contributed by atoms with E-state index in [0.717, 1.165) is 11.5 Å². The summed E-state index contributed by atoms with van der Waals surface area (Å²) in [6, 6.07) is 1.80. The molecule has 0 aliphatic heterocycles. The van der Waals surface area contributed by atoms with Gasteiger partial charge in [0.2, 0.25) is 0 Å². The van der Waals surface area contributed by atoms with Gasteiger partial charge in [0.25, 0.3) is 0 Å². The molecule has 1 aromatic rings. The van der Waals surface area contributed by atoms with Gasteiger partial charge in [-0.1, -0.05) is 13.8 Å². The van der Waals surface area contributed by atoms with Crippen LogP contribution in [0.3, 0.4) is 0 Å². The van der Waals surface area contributed by atoms with Crippen LogP contribution in [0.4, 0.5) is 4.39 Å². The minimum Gasteiger partial charge on any atom is -0.312 e. The largest absolute Gasteiger partial charge is 0.312 e. The first kappa shape index (κ1) is 13.5. The lowest BCUT2D eigenvalue weighted by atomic mass is 10.1. The number of halogens is 1. The van der Waals surface area contributed by atoms with Crippen LogP contribution in [0, 0.1) is 11.7 Å². The molecule has 0 bridgehead atoms. The normalized spacial score (nSPS) is 13.1. The SMILES string of the molecule is CNC(CSCC(C)C)c1ccncc1F. The van der Waals surface area contributed by atoms with Crippen LogP contribution >= 0.6 is 11.8 Å². The lowest BCUT2D eigenvalue weighted by molar-refractivity contribution is 0.560. The van der Waals surface area contributed by atoms with Gasteiger partial charge >= 0.3 is 0 Å². The first-order valence-electron chi connectivity index (χ1n) is 5.49. The zero-order valence-electron chi connectivity index (χ0n) is 10.0. The van der Waals surface area contributed by atoms with E-state index in [0.29, 0.717) is 11.5 Å². The summed E-state index contributed by atoms with van der Waals surface area (Å²) in [5.41, 5.74) is 0.703. The predicted molar refractivity (Wildman–Crippen MR) is 68.2 cm³/mol. The third kappa shape index (κ3) is 4.10. The molecule has 0 saturated carbocycles. The fourth-order valence-corrected chi connectivity index (χ4v) is 2.61. The van der Waals surface area contributed by atoms with Crippen LogP contribution in [0.25, 0.3) is 0 Å². The van der Waals surface area contributed by atoms with Gasteiger partial charge in [0.05, 0.1) is 6.20 Å². The number of aromatic nitrogens is 1. The van der Waals surface area contributed by atoms with Crippen molar-refractivity contribution in [3.05, 3.63) is 29.8 Å². The zero-order valence-corrected chi connectivity index (χ0v) is 10.9. The van der Waals surface area contributed by atoms with Gasteiger partial charge < -0.3 is 5.32 Å². The highest BCUT2D eigenvalue weighted by Crippen LogP contribution is 2.21. The Morgan fingerprint density at radius 2 is 2.19 bits per heavy atom. The molecule has 0 aromatic carbocycles. The van der Waals surface area contributed by atoms with E-state index in [1.807, 2.05) is 18.8 Å². The Morgan fingerprint density at radius 3 is 2.75 bits per heavy atom. The molecule has 1 N–H and O–H groups in total. The quantitative estimate of drug-likeness (QED) is 0.830. The topological polar surface area (TPSA) is 24.9 Å². The Hall–Kier alpha value is -0.610. The minimum absolute atomic E-state index is 0.0618. The predicted octanol–water partition coefficient (Wildman–Crippen LogP) is 2.87. The molecule has 90 valence electrons. The van der Waals surface area contributed by atoms with E-state index in [9.17, 15) is 4.39 Å². The highest BCUT2D eigenvalue weighted by atomic mass is 32.2. The number of hydrogen-bond donors (Lipinski definition) is 1. The molecular formula is C12H19FN2S. The van der Waals surface area contributed by atoms with Crippen LogP contribution in [0.1, 0.15) is 25.5 Å². The summed E-state index contributed by atoms with van der Waals surface area (Å²) < 4.78 is 13.5. The fourth-order valence-electron chi connectivity index (χ4n) is 1.42. The van der Waals surface area contributed by atoms with Crippen molar-refractivity contribution in [2.24, 2.45) is 5.92 Å². The second kappa shape index (κ2) is 6.86. The first-order valence-corrected chi connectivity index (χ1v) is 6.65. The van der Waals surface area contributed by atoms with Crippen LogP contribution in [0.2, 0.25) is 0 Å². The highest BCUT2D eigenvalue weighted by molar-refractivity contribution is 7.99. The molecule has 1 aromatic heterocycles. The summed E-state index contributed by atoms with van der Waals surface area (Å²) in [7, 11) is 1.86. The van der Waals surface area contributed by atoms with Crippen LogP contribution in [0.5, 0.6) is 0 Å². The van der Waals surface area contributed by atoms with Gasteiger partial charge in [-0.3, -0.25) is 4.98 Å². The number of pyridine rings is 1. The molecule has 4 heteroatoms. The number of hydrogen-bond acceptors (Lipinski definition) is 3. The molecule has 0 fully saturated rings. The molecular weight excluding hydrogens is 223 g/mol. The van der Waals surface area contributed by atoms with E-state index in [-0.39, 0.29) is 11.9 Å². The standard InChI is InChI=1S/C12H19FN2S/c1-9(2)7-16-8-12(14-3)10-4-5-15-6-11(10)13/h4-6,9,12,14H,7-8H2,1-3H3. The Balaban J connectivity index is 2.57. The smallest absolute Gasteiger partial charge is 0.146 e. The fraction of sp³-hybridized carbons (Fsp3) is 0.583. The summed E-state index contributed by atoms with van der Waals surface area (Å²) in [5.74, 6) is 2.43. The monoisotopic (exact) mass is 242 g/mol. The molecule has 0 amide bonds. The van der Waals surface area contributed by atoms with Gasteiger partial charge in [0.15, 0.2) is 0 Å². The Morgan fingerprint density at radius 1 is 1.44 bits per heavy atom. The van der Waals surface area contributed by atoms with Gasteiger partial charge in [0.1, 0.15) is 5.82 Å². The second-order valence-electron chi connectivity index (χ2n) is 4.17. The Labute approximate surface area is 101 Å². The molecule has 1 rings (SSSR count). The number of nitrogens with one attached hydrogen (secondary N) is 1. The van der Waals surface area contributed by atoms with E-state index >= 15 is 0 Å². The maximum atomic E-state index is 13.5. The van der Waals surface area contributed by atoms with Crippen LogP contribution < -0.4 is 5.32 Å². The lowest BCUT2D eigenvalue weighted by Crippen LogP contribution is -2.20. The van der Waals surface area contributed by atoms with Crippen LogP contribution in [0.15, 0.2) is 18.5 Å². The number of nitrogens with zero attached hydrogens (tertiary/aromatic N) is 1. The van der Waals surface area contributed by atoms with Crippen molar-refractivity contribution in [3.8, 4) is 0 Å². The van der Waals surface area contributed by atoms with Gasteiger partial charge in [-0.15, -0.1) is 0 Å². The van der Waals surface area contributed by atoms with Crippen molar-refractivity contribution in [2.75, 3.05) is 18.6 Å². The van der Waals surface area contributed by atoms with Crippen molar-refractivity contribution in [2.45, 2.75) is 19.9 Å². The highest BCUT2D eigenvalue weighted by Gasteiger charge is 2.13. The van der Waals surface area contributed by atoms with E-state index in [1.54, 1.807) is 12.3 Å². The first-order chi connectivity index (χ1) is 7.65. The van der Waals surface area contributed by atoms with Crippen molar-refractivity contribution < 1.29 is 4.39 Å². The molecule has 1 unspecified atom stereocenters. The molecule has 0 radical (unpaired) electrons. The van der Waals surface area contributed by atoms with Crippen molar-refractivity contribution in [3.63, 3.8) is 0 Å². The van der Waals surface area contributed by atoms with Crippen molar-refractivity contribution in [1.29, 1.82) is 0 Å². The number of rotatable bonds is 6. The molecule has 0 aliphatic carbocycles. The summed E-state index contributed by atoms with van der Waals surface area (Å²) in [6.07, 6.45) is 2.91. The summed E-state index contributed by atoms with van der Waals surface area (Å²) in [6.45, 7) is 4.38. The van der Waals surface area contributed by atoms with Crippen LogP contribution in [-0.4, -0.2) is 23.5 Å². The summed E-state index contributed by atoms with van der Waals surface area (Å²) in [4.78, 5) is 3.76. The zero-order chi connectivity index (χ0) is 12.0. The lowest BCUT2D eigenvalue weighted by Gasteiger charge is -2.17. The van der Waals surface area contributed by atoms with Gasteiger partial charge in [-0.05, 0) is 24.8 Å². The van der Waals surface area contributed by atoms with E-state index < -0.39 is 0 Å². The molecule has 0 spiro atoms. The average Bonchev–Trinajstić information content (AvgIpc) is 2.25. The third-order valence-electron chi connectivity index (χ3n) is 2.26.